The van der Waals surface area contributed by atoms with Crippen LogP contribution in [0, 0.1) is 5.92 Å². The Morgan fingerprint density at radius 2 is 2.00 bits per heavy atom. The molecule has 0 fully saturated rings. The van der Waals surface area contributed by atoms with Gasteiger partial charge in [0.2, 0.25) is 0 Å². The lowest BCUT2D eigenvalue weighted by atomic mass is 9.97. The van der Waals surface area contributed by atoms with Crippen LogP contribution in [-0.4, -0.2) is 16.9 Å². The number of carbonyl (C=O) groups is 1. The van der Waals surface area contributed by atoms with E-state index < -0.39 is 0 Å². The summed E-state index contributed by atoms with van der Waals surface area (Å²) < 4.78 is 0. The molecule has 0 radical (unpaired) electrons. The van der Waals surface area contributed by atoms with Crippen LogP contribution in [0.1, 0.15) is 12.0 Å². The summed E-state index contributed by atoms with van der Waals surface area (Å²) in [7, 11) is 0. The summed E-state index contributed by atoms with van der Waals surface area (Å²) in [6.45, 7) is 0. The third kappa shape index (κ3) is 2.49. The van der Waals surface area contributed by atoms with Gasteiger partial charge in [0, 0.05) is 18.4 Å². The molecule has 3 N–H and O–H groups in total. The lowest BCUT2D eigenvalue weighted by Gasteiger charge is -2.08. The molecule has 0 spiro atoms. The number of Topliss-reactive ketones (excluding diaryl/α,β-unsaturated/α-hetero) is 1. The third-order valence-electron chi connectivity index (χ3n) is 2.84. The molecule has 1 aromatic rings. The molecule has 1 aromatic carbocycles. The number of phenols is 1. The van der Waals surface area contributed by atoms with Gasteiger partial charge in [-0.25, -0.2) is 0 Å². The quantitative estimate of drug-likeness (QED) is 0.752. The van der Waals surface area contributed by atoms with E-state index in [2.05, 4.69) is 0 Å². The maximum absolute atomic E-state index is 11.9. The van der Waals surface area contributed by atoms with Crippen LogP contribution in [0.4, 0.5) is 0 Å². The van der Waals surface area contributed by atoms with Gasteiger partial charge in [-0.15, -0.1) is 0 Å². The van der Waals surface area contributed by atoms with E-state index in [-0.39, 0.29) is 23.5 Å². The van der Waals surface area contributed by atoms with Crippen LogP contribution >= 0.6 is 0 Å². The first-order chi connectivity index (χ1) is 7.65. The van der Waals surface area contributed by atoms with E-state index >= 15 is 0 Å². The molecule has 3 heteroatoms. The minimum Gasteiger partial charge on any atom is -0.508 e. The molecular formula is C13H15NO2. The number of rotatable bonds is 3. The fraction of sp³-hybridized carbons (Fsp3) is 0.308. The molecule has 16 heavy (non-hydrogen) atoms. The SMILES string of the molecule is NC1C=CC(C(=O)Cc2ccc(O)cc2)C1. The second-order valence-electron chi connectivity index (χ2n) is 4.20. The van der Waals surface area contributed by atoms with Crippen molar-refractivity contribution >= 4 is 5.78 Å². The van der Waals surface area contributed by atoms with Gasteiger partial charge in [0.05, 0.1) is 0 Å². The summed E-state index contributed by atoms with van der Waals surface area (Å²) in [6.07, 6.45) is 4.91. The molecule has 0 saturated carbocycles. The Balaban J connectivity index is 1.97. The zero-order valence-corrected chi connectivity index (χ0v) is 8.97. The van der Waals surface area contributed by atoms with E-state index in [1.165, 1.54) is 0 Å². The topological polar surface area (TPSA) is 63.3 Å². The highest BCUT2D eigenvalue weighted by Crippen LogP contribution is 2.20. The Labute approximate surface area is 94.6 Å². The normalized spacial score (nSPS) is 23.6. The van der Waals surface area contributed by atoms with Crippen molar-refractivity contribution in [2.45, 2.75) is 18.9 Å². The van der Waals surface area contributed by atoms with Gasteiger partial charge in [0.15, 0.2) is 0 Å². The Morgan fingerprint density at radius 3 is 2.56 bits per heavy atom. The molecule has 3 nitrogen and oxygen atoms in total. The summed E-state index contributed by atoms with van der Waals surface area (Å²) in [6, 6.07) is 6.75. The van der Waals surface area contributed by atoms with Crippen LogP contribution in [0.25, 0.3) is 0 Å². The van der Waals surface area contributed by atoms with E-state index in [0.717, 1.165) is 12.0 Å². The van der Waals surface area contributed by atoms with Crippen molar-refractivity contribution in [3.63, 3.8) is 0 Å². The highest BCUT2D eigenvalue weighted by molar-refractivity contribution is 5.85. The standard InChI is InChI=1S/C13H15NO2/c14-11-4-3-10(8-11)13(16)7-9-1-5-12(15)6-2-9/h1-6,10-11,15H,7-8,14H2. The number of carbonyl (C=O) groups excluding carboxylic acids is 1. The molecule has 1 aliphatic carbocycles. The second-order valence-corrected chi connectivity index (χ2v) is 4.20. The Morgan fingerprint density at radius 1 is 1.31 bits per heavy atom. The molecular weight excluding hydrogens is 202 g/mol. The summed E-state index contributed by atoms with van der Waals surface area (Å²) in [5.74, 6) is 0.373. The number of ketones is 1. The maximum Gasteiger partial charge on any atom is 0.144 e. The molecule has 0 aliphatic heterocycles. The fourth-order valence-electron chi connectivity index (χ4n) is 1.91. The van der Waals surface area contributed by atoms with E-state index in [4.69, 9.17) is 10.8 Å². The maximum atomic E-state index is 11.9. The number of allylic oxidation sites excluding steroid dienone is 1. The Kier molecular flexibility index (Phi) is 3.06. The summed E-state index contributed by atoms with van der Waals surface area (Å²) in [4.78, 5) is 11.9. The van der Waals surface area contributed by atoms with Crippen LogP contribution in [0.15, 0.2) is 36.4 Å². The van der Waals surface area contributed by atoms with Crippen LogP contribution in [0.3, 0.4) is 0 Å². The van der Waals surface area contributed by atoms with Gasteiger partial charge in [-0.05, 0) is 24.1 Å². The van der Waals surface area contributed by atoms with Gasteiger partial charge in [-0.1, -0.05) is 24.3 Å². The van der Waals surface area contributed by atoms with Crippen molar-refractivity contribution in [3.05, 3.63) is 42.0 Å². The Hall–Kier alpha value is -1.61. The van der Waals surface area contributed by atoms with E-state index in [9.17, 15) is 4.79 Å². The Bertz CT molecular complexity index is 408. The third-order valence-corrected chi connectivity index (χ3v) is 2.84. The van der Waals surface area contributed by atoms with Crippen molar-refractivity contribution in [2.24, 2.45) is 11.7 Å². The molecule has 0 aromatic heterocycles. The van der Waals surface area contributed by atoms with E-state index in [1.54, 1.807) is 24.3 Å². The first kappa shape index (κ1) is 10.9. The predicted octanol–water partition coefficient (Wildman–Crippen LogP) is 1.41. The molecule has 0 saturated heterocycles. The fourth-order valence-corrected chi connectivity index (χ4v) is 1.91. The molecule has 84 valence electrons. The average Bonchev–Trinajstić information content (AvgIpc) is 2.68. The van der Waals surface area contributed by atoms with E-state index in [0.29, 0.717) is 6.42 Å². The second kappa shape index (κ2) is 4.49. The summed E-state index contributed by atoms with van der Waals surface area (Å²) in [5, 5.41) is 9.12. The lowest BCUT2D eigenvalue weighted by Crippen LogP contribution is -2.20. The lowest BCUT2D eigenvalue weighted by molar-refractivity contribution is -0.120. The van der Waals surface area contributed by atoms with Crippen molar-refractivity contribution < 1.29 is 9.90 Å². The average molecular weight is 217 g/mol. The molecule has 2 rings (SSSR count). The van der Waals surface area contributed by atoms with Crippen molar-refractivity contribution in [2.75, 3.05) is 0 Å². The number of phenolic OH excluding ortho intramolecular Hbond substituents is 1. The van der Waals surface area contributed by atoms with Gasteiger partial charge < -0.3 is 10.8 Å². The molecule has 0 amide bonds. The van der Waals surface area contributed by atoms with Crippen molar-refractivity contribution in [1.82, 2.24) is 0 Å². The van der Waals surface area contributed by atoms with Crippen LogP contribution in [0.2, 0.25) is 0 Å². The van der Waals surface area contributed by atoms with Crippen LogP contribution in [-0.2, 0) is 11.2 Å². The highest BCUT2D eigenvalue weighted by Gasteiger charge is 2.22. The number of nitrogens with two attached hydrogens (primary N) is 1. The largest absolute Gasteiger partial charge is 0.508 e. The van der Waals surface area contributed by atoms with E-state index in [1.807, 2.05) is 12.2 Å². The minimum absolute atomic E-state index is 0.0220. The molecule has 2 unspecified atom stereocenters. The predicted molar refractivity (Wildman–Crippen MR) is 62.0 cm³/mol. The molecule has 0 bridgehead atoms. The van der Waals surface area contributed by atoms with Gasteiger partial charge in [0.1, 0.15) is 11.5 Å². The summed E-state index contributed by atoms with van der Waals surface area (Å²) in [5.41, 5.74) is 6.63. The first-order valence-corrected chi connectivity index (χ1v) is 5.39. The zero-order chi connectivity index (χ0) is 11.5. The van der Waals surface area contributed by atoms with Crippen molar-refractivity contribution in [3.8, 4) is 5.75 Å². The van der Waals surface area contributed by atoms with Gasteiger partial charge >= 0.3 is 0 Å². The smallest absolute Gasteiger partial charge is 0.144 e. The number of benzene rings is 1. The molecule has 2 atom stereocenters. The van der Waals surface area contributed by atoms with Gasteiger partial charge in [0.25, 0.3) is 0 Å². The minimum atomic E-state index is -0.0381. The number of hydrogen-bond acceptors (Lipinski definition) is 3. The monoisotopic (exact) mass is 217 g/mol. The number of aromatic hydroxyl groups is 1. The van der Waals surface area contributed by atoms with Gasteiger partial charge in [-0.3, -0.25) is 4.79 Å². The van der Waals surface area contributed by atoms with Crippen molar-refractivity contribution in [1.29, 1.82) is 0 Å². The molecule has 0 heterocycles. The van der Waals surface area contributed by atoms with Crippen LogP contribution in [0.5, 0.6) is 5.75 Å². The van der Waals surface area contributed by atoms with Gasteiger partial charge in [-0.2, -0.15) is 0 Å². The van der Waals surface area contributed by atoms with Crippen LogP contribution < -0.4 is 5.73 Å². The highest BCUT2D eigenvalue weighted by atomic mass is 16.3. The first-order valence-electron chi connectivity index (χ1n) is 5.39. The number of hydrogen-bond donors (Lipinski definition) is 2. The zero-order valence-electron chi connectivity index (χ0n) is 8.97. The molecule has 1 aliphatic rings. The summed E-state index contributed by atoms with van der Waals surface area (Å²) >= 11 is 0.